The molecule has 0 fully saturated rings. The minimum absolute atomic E-state index is 0. The molecule has 144 valence electrons. The molecule has 0 bridgehead atoms. The molecule has 0 aliphatic carbocycles. The molecular weight excluding hydrogens is 465 g/mol. The first-order valence-corrected chi connectivity index (χ1v) is 9.46. The van der Waals surface area contributed by atoms with Crippen molar-refractivity contribution in [2.75, 3.05) is 25.4 Å². The predicted molar refractivity (Wildman–Crippen MR) is 107 cm³/mol. The van der Waals surface area contributed by atoms with Gasteiger partial charge in [0.05, 0.1) is 12.3 Å². The molecule has 0 radical (unpaired) electrons. The third-order valence-corrected chi connectivity index (χ3v) is 4.51. The molecule has 6 nitrogen and oxygen atoms in total. The van der Waals surface area contributed by atoms with Crippen LogP contribution in [0, 0.1) is 11.6 Å². The number of hydrogen-bond donors (Lipinski definition) is 3. The number of guanidine groups is 1. The first-order chi connectivity index (χ1) is 11.4. The zero-order valence-electron chi connectivity index (χ0n) is 14.3. The van der Waals surface area contributed by atoms with Crippen LogP contribution in [0.1, 0.15) is 25.8 Å². The second-order valence-electron chi connectivity index (χ2n) is 5.01. The van der Waals surface area contributed by atoms with Crippen LogP contribution in [0.4, 0.5) is 8.78 Å². The van der Waals surface area contributed by atoms with Crippen molar-refractivity contribution in [2.45, 2.75) is 26.8 Å². The van der Waals surface area contributed by atoms with E-state index in [0.717, 1.165) is 18.2 Å². The Morgan fingerprint density at radius 3 is 2.52 bits per heavy atom. The fraction of sp³-hybridized carbons (Fsp3) is 0.533. The Labute approximate surface area is 164 Å². The highest BCUT2D eigenvalue weighted by molar-refractivity contribution is 14.0. The van der Waals surface area contributed by atoms with E-state index in [0.29, 0.717) is 32.0 Å². The Balaban J connectivity index is 0.00000576. The van der Waals surface area contributed by atoms with Gasteiger partial charge in [0.2, 0.25) is 10.0 Å². The molecule has 3 N–H and O–H groups in total. The predicted octanol–water partition coefficient (Wildman–Crippen LogP) is 1.97. The summed E-state index contributed by atoms with van der Waals surface area (Å²) in [6, 6.07) is 3.24. The van der Waals surface area contributed by atoms with E-state index in [2.05, 4.69) is 20.3 Å². The van der Waals surface area contributed by atoms with Crippen LogP contribution in [0.3, 0.4) is 0 Å². The zero-order valence-corrected chi connectivity index (χ0v) is 17.5. The Morgan fingerprint density at radius 2 is 1.88 bits per heavy atom. The first kappa shape index (κ1) is 24.0. The molecule has 10 heteroatoms. The van der Waals surface area contributed by atoms with Crippen molar-refractivity contribution in [3.63, 3.8) is 0 Å². The maximum absolute atomic E-state index is 13.6. The molecular formula is C15H25F2IN4O2S. The first-order valence-electron chi connectivity index (χ1n) is 7.81. The molecule has 0 aliphatic rings. The second kappa shape index (κ2) is 12.4. The monoisotopic (exact) mass is 490 g/mol. The highest BCUT2D eigenvalue weighted by Gasteiger charge is 2.06. The van der Waals surface area contributed by atoms with Crippen molar-refractivity contribution in [2.24, 2.45) is 4.99 Å². The average Bonchev–Trinajstić information content (AvgIpc) is 2.55. The van der Waals surface area contributed by atoms with Crippen molar-refractivity contribution in [3.05, 3.63) is 35.4 Å². The van der Waals surface area contributed by atoms with E-state index in [1.807, 2.05) is 6.92 Å². The number of hydrogen-bond acceptors (Lipinski definition) is 3. The molecule has 0 saturated heterocycles. The maximum atomic E-state index is 13.6. The Bertz CT molecular complexity index is 657. The normalized spacial score (nSPS) is 11.8. The van der Waals surface area contributed by atoms with E-state index < -0.39 is 21.7 Å². The van der Waals surface area contributed by atoms with E-state index in [1.54, 1.807) is 6.92 Å². The highest BCUT2D eigenvalue weighted by atomic mass is 127. The van der Waals surface area contributed by atoms with Crippen molar-refractivity contribution in [1.82, 2.24) is 15.4 Å². The summed E-state index contributed by atoms with van der Waals surface area (Å²) in [5.41, 5.74) is 0.169. The molecule has 1 rings (SSSR count). The molecule has 0 heterocycles. The SMILES string of the molecule is CCNC(=NCc1cc(F)ccc1F)NCCCNS(=O)(=O)CC.I. The number of benzene rings is 1. The van der Waals surface area contributed by atoms with Crippen molar-refractivity contribution < 1.29 is 17.2 Å². The van der Waals surface area contributed by atoms with Gasteiger partial charge in [-0.05, 0) is 38.5 Å². The van der Waals surface area contributed by atoms with E-state index in [4.69, 9.17) is 0 Å². The number of nitrogens with zero attached hydrogens (tertiary/aromatic N) is 1. The van der Waals surface area contributed by atoms with E-state index in [1.165, 1.54) is 0 Å². The van der Waals surface area contributed by atoms with Gasteiger partial charge in [-0.1, -0.05) is 0 Å². The summed E-state index contributed by atoms with van der Waals surface area (Å²) in [6.07, 6.45) is 0.567. The third kappa shape index (κ3) is 9.90. The average molecular weight is 490 g/mol. The largest absolute Gasteiger partial charge is 0.357 e. The number of nitrogens with one attached hydrogen (secondary N) is 3. The zero-order chi connectivity index (χ0) is 18.0. The molecule has 0 atom stereocenters. The van der Waals surface area contributed by atoms with Crippen molar-refractivity contribution in [1.29, 1.82) is 0 Å². The molecule has 1 aromatic rings. The number of rotatable bonds is 9. The van der Waals surface area contributed by atoms with E-state index in [9.17, 15) is 17.2 Å². The van der Waals surface area contributed by atoms with Crippen molar-refractivity contribution in [3.8, 4) is 0 Å². The van der Waals surface area contributed by atoms with Gasteiger partial charge in [0.25, 0.3) is 0 Å². The molecule has 0 aliphatic heterocycles. The molecule has 0 aromatic heterocycles. The van der Waals surface area contributed by atoms with E-state index >= 15 is 0 Å². The fourth-order valence-corrected chi connectivity index (χ4v) is 2.45. The lowest BCUT2D eigenvalue weighted by Gasteiger charge is -2.11. The smallest absolute Gasteiger partial charge is 0.211 e. The standard InChI is InChI=1S/C15H24F2N4O2S.HI/c1-3-18-15(19-8-5-9-21-24(22,23)4-2)20-11-12-10-13(16)6-7-14(12)17;/h6-7,10,21H,3-5,8-9,11H2,1-2H3,(H2,18,19,20);1H. The number of halogens is 3. The Hall–Kier alpha value is -1.01. The number of aliphatic imine (C=N–C) groups is 1. The maximum Gasteiger partial charge on any atom is 0.211 e. The van der Waals surface area contributed by atoms with Gasteiger partial charge < -0.3 is 10.6 Å². The minimum atomic E-state index is -3.19. The summed E-state index contributed by atoms with van der Waals surface area (Å²) >= 11 is 0. The van der Waals surface area contributed by atoms with Gasteiger partial charge in [-0.25, -0.2) is 26.9 Å². The van der Waals surface area contributed by atoms with Gasteiger partial charge in [-0.2, -0.15) is 0 Å². The summed E-state index contributed by atoms with van der Waals surface area (Å²) in [5.74, 6) is -0.517. The molecule has 25 heavy (non-hydrogen) atoms. The lowest BCUT2D eigenvalue weighted by Crippen LogP contribution is -2.38. The summed E-state index contributed by atoms with van der Waals surface area (Å²) in [4.78, 5) is 4.20. The second-order valence-corrected chi connectivity index (χ2v) is 7.10. The molecule has 0 spiro atoms. The topological polar surface area (TPSA) is 82.6 Å². The van der Waals surface area contributed by atoms with Gasteiger partial charge in [0, 0.05) is 25.2 Å². The van der Waals surface area contributed by atoms with Crippen LogP contribution < -0.4 is 15.4 Å². The van der Waals surface area contributed by atoms with Gasteiger partial charge in [-0.3, -0.25) is 0 Å². The van der Waals surface area contributed by atoms with Crippen LogP contribution >= 0.6 is 24.0 Å². The molecule has 0 amide bonds. The molecule has 0 unspecified atom stereocenters. The van der Waals surface area contributed by atoms with Crippen LogP contribution in [0.25, 0.3) is 0 Å². The summed E-state index contributed by atoms with van der Waals surface area (Å²) in [6.45, 7) is 4.88. The summed E-state index contributed by atoms with van der Waals surface area (Å²) in [7, 11) is -3.19. The quantitative estimate of drug-likeness (QED) is 0.214. The van der Waals surface area contributed by atoms with Crippen LogP contribution in [0.15, 0.2) is 23.2 Å². The van der Waals surface area contributed by atoms with Gasteiger partial charge >= 0.3 is 0 Å². The van der Waals surface area contributed by atoms with Gasteiger partial charge in [-0.15, -0.1) is 24.0 Å². The van der Waals surface area contributed by atoms with Crippen LogP contribution in [-0.2, 0) is 16.6 Å². The molecule has 1 aromatic carbocycles. The van der Waals surface area contributed by atoms with Crippen LogP contribution in [0.2, 0.25) is 0 Å². The summed E-state index contributed by atoms with van der Waals surface area (Å²) in [5, 5.41) is 6.01. The van der Waals surface area contributed by atoms with Gasteiger partial charge in [0.1, 0.15) is 11.6 Å². The van der Waals surface area contributed by atoms with Crippen LogP contribution in [-0.4, -0.2) is 39.8 Å². The van der Waals surface area contributed by atoms with Crippen LogP contribution in [0.5, 0.6) is 0 Å². The molecule has 0 saturated carbocycles. The Kier molecular flexibility index (Phi) is 11.9. The Morgan fingerprint density at radius 1 is 1.16 bits per heavy atom. The number of sulfonamides is 1. The fourth-order valence-electron chi connectivity index (χ4n) is 1.80. The lowest BCUT2D eigenvalue weighted by atomic mass is 10.2. The van der Waals surface area contributed by atoms with E-state index in [-0.39, 0.29) is 41.8 Å². The third-order valence-electron chi connectivity index (χ3n) is 3.11. The lowest BCUT2D eigenvalue weighted by molar-refractivity contribution is 0.579. The highest BCUT2D eigenvalue weighted by Crippen LogP contribution is 2.10. The summed E-state index contributed by atoms with van der Waals surface area (Å²) < 4.78 is 51.7. The minimum Gasteiger partial charge on any atom is -0.357 e. The van der Waals surface area contributed by atoms with Gasteiger partial charge in [0.15, 0.2) is 5.96 Å². The van der Waals surface area contributed by atoms with Crippen molar-refractivity contribution >= 4 is 40.0 Å².